The SMILES string of the molecule is CC[C@H](C)[C@H](NC(=O)[C@@H]1CCCN1C(=O)[C@H](Cc1cnc[nH]1)NC(=O)[C@@H](NC(=O)[C@H](Cc1ccccc1)NC(=O)[C@@H](NC(=O)[C@H](CCCN=C(N)N)NC(=O)CNC)C(C)C)[C@@H](C)CC)C(=O)O. The van der Waals surface area contributed by atoms with Crippen molar-refractivity contribution >= 4 is 53.3 Å². The number of aliphatic imine (C=N–C) groups is 1. The Kier molecular flexibility index (Phi) is 22.9. The monoisotopic (exact) mass is 952 g/mol. The van der Waals surface area contributed by atoms with Crippen molar-refractivity contribution < 1.29 is 43.5 Å². The van der Waals surface area contributed by atoms with Crippen LogP contribution in [0.5, 0.6) is 0 Å². The van der Waals surface area contributed by atoms with Gasteiger partial charge in [-0.1, -0.05) is 84.7 Å². The molecule has 2 aromatic rings. The molecule has 376 valence electrons. The third-order valence-corrected chi connectivity index (χ3v) is 12.1. The zero-order chi connectivity index (χ0) is 50.5. The number of carbonyl (C=O) groups excluding carboxylic acids is 7. The lowest BCUT2D eigenvalue weighted by atomic mass is 9.96. The summed E-state index contributed by atoms with van der Waals surface area (Å²) in [5.74, 6) is -7.04. The van der Waals surface area contributed by atoms with Gasteiger partial charge in [0, 0.05) is 37.8 Å². The summed E-state index contributed by atoms with van der Waals surface area (Å²) in [6.45, 7) is 10.9. The van der Waals surface area contributed by atoms with Gasteiger partial charge in [0.15, 0.2) is 5.96 Å². The Hall–Kier alpha value is -6.58. The first-order chi connectivity index (χ1) is 32.3. The third-order valence-electron chi connectivity index (χ3n) is 12.1. The summed E-state index contributed by atoms with van der Waals surface area (Å²) in [6.07, 6.45) is 5.01. The molecule has 0 unspecified atom stereocenters. The number of imidazole rings is 1. The maximum Gasteiger partial charge on any atom is 0.326 e. The first-order valence-corrected chi connectivity index (χ1v) is 23.4. The smallest absolute Gasteiger partial charge is 0.326 e. The lowest BCUT2D eigenvalue weighted by molar-refractivity contribution is -0.146. The molecule has 1 aromatic carbocycles. The summed E-state index contributed by atoms with van der Waals surface area (Å²) in [7, 11) is 1.58. The predicted octanol–water partition coefficient (Wildman–Crippen LogP) is -0.800. The Balaban J connectivity index is 1.90. The molecule has 0 spiro atoms. The molecule has 1 fully saturated rings. The van der Waals surface area contributed by atoms with Crippen LogP contribution < -0.4 is 48.7 Å². The number of carboxylic acids is 1. The molecule has 1 aromatic heterocycles. The predicted molar refractivity (Wildman–Crippen MR) is 254 cm³/mol. The van der Waals surface area contributed by atoms with E-state index < -0.39 is 101 Å². The minimum atomic E-state index is -1.26. The lowest BCUT2D eigenvalue weighted by Gasteiger charge is -2.32. The molecule has 9 atom stereocenters. The number of aromatic amines is 1. The van der Waals surface area contributed by atoms with Gasteiger partial charge >= 0.3 is 5.97 Å². The highest BCUT2D eigenvalue weighted by Gasteiger charge is 2.41. The van der Waals surface area contributed by atoms with E-state index in [0.29, 0.717) is 36.9 Å². The highest BCUT2D eigenvalue weighted by atomic mass is 16.4. The van der Waals surface area contributed by atoms with Crippen LogP contribution in [0.1, 0.15) is 91.3 Å². The summed E-state index contributed by atoms with van der Waals surface area (Å²) in [4.78, 5) is 122. The van der Waals surface area contributed by atoms with Gasteiger partial charge < -0.3 is 63.7 Å². The topological polar surface area (TPSA) is 337 Å². The minimum Gasteiger partial charge on any atom is -0.480 e. The molecule has 1 aliphatic heterocycles. The van der Waals surface area contributed by atoms with Crippen LogP contribution in [0, 0.1) is 17.8 Å². The van der Waals surface area contributed by atoms with Crippen LogP contribution in [-0.2, 0) is 51.2 Å². The standard InChI is InChI=1S/C46H73N13O9/c1-8-27(5)37(43(65)55-33(22-30-23-50-25-52-30)44(66)59-20-14-18-34(59)41(63)58-38(45(67)68)28(6)9-2)57-40(62)32(21-29-15-11-10-12-16-29)54-42(64)36(26(3)4)56-39(61)31(53-35(60)24-49-7)17-13-19-51-46(47)48/h10-12,15-16,23,25-28,31-34,36-38,49H,8-9,13-14,17-22,24H2,1-7H3,(H,50,52)(H,53,60)(H,54,64)(H,55,65)(H,56,61)(H,57,62)(H,58,63)(H,67,68)(H4,47,48,51)/t27-,28-,31-,32-,33-,34-,36-,37-,38-/m0/s1. The van der Waals surface area contributed by atoms with Gasteiger partial charge in [0.05, 0.1) is 12.9 Å². The number of carboxylic acid groups (broad SMARTS) is 1. The molecule has 3 rings (SSSR count). The number of rotatable bonds is 28. The summed E-state index contributed by atoms with van der Waals surface area (Å²) in [5, 5.41) is 29.1. The summed E-state index contributed by atoms with van der Waals surface area (Å²) in [6, 6.07) is 0.818. The van der Waals surface area contributed by atoms with Gasteiger partial charge in [-0.05, 0) is 56.0 Å². The van der Waals surface area contributed by atoms with E-state index in [1.54, 1.807) is 65.1 Å². The molecule has 1 aliphatic rings. The van der Waals surface area contributed by atoms with E-state index in [1.807, 2.05) is 13.8 Å². The van der Waals surface area contributed by atoms with Gasteiger partial charge in [-0.2, -0.15) is 0 Å². The fraction of sp³-hybridized carbons (Fsp3) is 0.609. The van der Waals surface area contributed by atoms with Crippen molar-refractivity contribution in [3.05, 3.63) is 54.1 Å². The quantitative estimate of drug-likeness (QED) is 0.0283. The fourth-order valence-corrected chi connectivity index (χ4v) is 7.76. The van der Waals surface area contributed by atoms with Crippen molar-refractivity contribution in [3.8, 4) is 0 Å². The Morgan fingerprint density at radius 3 is 2.00 bits per heavy atom. The first-order valence-electron chi connectivity index (χ1n) is 23.4. The molecule has 0 radical (unpaired) electrons. The summed E-state index contributed by atoms with van der Waals surface area (Å²) in [5.41, 5.74) is 12.1. The average Bonchev–Trinajstić information content (AvgIpc) is 4.02. The van der Waals surface area contributed by atoms with Gasteiger partial charge in [-0.15, -0.1) is 0 Å². The van der Waals surface area contributed by atoms with Crippen molar-refractivity contribution in [2.45, 2.75) is 135 Å². The fourth-order valence-electron chi connectivity index (χ4n) is 7.76. The highest BCUT2D eigenvalue weighted by Crippen LogP contribution is 2.21. The van der Waals surface area contributed by atoms with Gasteiger partial charge in [-0.25, -0.2) is 9.78 Å². The minimum absolute atomic E-state index is 0.00136. The average molecular weight is 952 g/mol. The number of nitrogens with zero attached hydrogens (tertiary/aromatic N) is 3. The largest absolute Gasteiger partial charge is 0.480 e. The van der Waals surface area contributed by atoms with Crippen LogP contribution in [-0.4, -0.2) is 142 Å². The van der Waals surface area contributed by atoms with E-state index in [1.165, 1.54) is 17.4 Å². The maximum atomic E-state index is 14.5. The van der Waals surface area contributed by atoms with Crippen LogP contribution >= 0.6 is 0 Å². The number of aromatic nitrogens is 2. The number of hydrogen-bond donors (Lipinski definition) is 11. The van der Waals surface area contributed by atoms with Crippen LogP contribution in [0.4, 0.5) is 0 Å². The second-order valence-electron chi connectivity index (χ2n) is 17.7. The Morgan fingerprint density at radius 1 is 0.794 bits per heavy atom. The summed E-state index contributed by atoms with van der Waals surface area (Å²) < 4.78 is 0. The van der Waals surface area contributed by atoms with Crippen molar-refractivity contribution in [3.63, 3.8) is 0 Å². The first kappa shape index (κ1) is 55.7. The third kappa shape index (κ3) is 17.3. The molecule has 68 heavy (non-hydrogen) atoms. The number of carbonyl (C=O) groups is 8. The number of hydrogen-bond acceptors (Lipinski definition) is 11. The molecular formula is C46H73N13O9. The number of nitrogens with two attached hydrogens (primary N) is 2. The van der Waals surface area contributed by atoms with E-state index in [4.69, 9.17) is 11.5 Å². The number of guanidine groups is 1. The zero-order valence-corrected chi connectivity index (χ0v) is 40.3. The number of aliphatic carboxylic acids is 1. The molecular weight excluding hydrogens is 879 g/mol. The molecule has 22 heteroatoms. The van der Waals surface area contributed by atoms with Crippen molar-refractivity contribution in [1.29, 1.82) is 0 Å². The summed E-state index contributed by atoms with van der Waals surface area (Å²) >= 11 is 0. The molecule has 1 saturated heterocycles. The Labute approximate surface area is 398 Å². The van der Waals surface area contributed by atoms with Crippen molar-refractivity contribution in [2.75, 3.05) is 26.7 Å². The number of benzene rings is 1. The van der Waals surface area contributed by atoms with Crippen LogP contribution in [0.25, 0.3) is 0 Å². The molecule has 13 N–H and O–H groups in total. The molecule has 0 bridgehead atoms. The second kappa shape index (κ2) is 27.9. The van der Waals surface area contributed by atoms with E-state index in [9.17, 15) is 43.5 Å². The zero-order valence-electron chi connectivity index (χ0n) is 40.3. The normalized spacial score (nSPS) is 16.9. The van der Waals surface area contributed by atoms with E-state index in [2.05, 4.69) is 52.2 Å². The molecule has 7 amide bonds. The van der Waals surface area contributed by atoms with Crippen LogP contribution in [0.3, 0.4) is 0 Å². The number of likely N-dealkylation sites (N-methyl/N-ethyl adjacent to an activating group) is 1. The van der Waals surface area contributed by atoms with Gasteiger partial charge in [0.1, 0.15) is 42.3 Å². The van der Waals surface area contributed by atoms with E-state index in [0.717, 1.165) is 0 Å². The Morgan fingerprint density at radius 2 is 1.41 bits per heavy atom. The van der Waals surface area contributed by atoms with Gasteiger partial charge in [-0.3, -0.25) is 38.6 Å². The second-order valence-corrected chi connectivity index (χ2v) is 17.7. The Bertz CT molecular complexity index is 2010. The molecule has 0 aliphatic carbocycles. The molecule has 22 nitrogen and oxygen atoms in total. The van der Waals surface area contributed by atoms with Gasteiger partial charge in [0.25, 0.3) is 0 Å². The van der Waals surface area contributed by atoms with Gasteiger partial charge in [0.2, 0.25) is 41.4 Å². The number of amides is 7. The van der Waals surface area contributed by atoms with Crippen LogP contribution in [0.15, 0.2) is 47.8 Å². The number of H-pyrrole nitrogens is 1. The maximum absolute atomic E-state index is 14.5. The number of likely N-dealkylation sites (tertiary alicyclic amines) is 1. The number of nitrogens with one attached hydrogen (secondary N) is 8. The molecule has 2 heterocycles. The van der Waals surface area contributed by atoms with Crippen molar-refractivity contribution in [2.24, 2.45) is 34.2 Å². The van der Waals surface area contributed by atoms with E-state index in [-0.39, 0.29) is 57.2 Å². The van der Waals surface area contributed by atoms with Crippen molar-refractivity contribution in [1.82, 2.24) is 52.1 Å². The van der Waals surface area contributed by atoms with E-state index >= 15 is 0 Å². The lowest BCUT2D eigenvalue weighted by Crippen LogP contribution is -2.62. The highest BCUT2D eigenvalue weighted by molar-refractivity contribution is 5.98. The molecule has 0 saturated carbocycles. The van der Waals surface area contributed by atoms with Crippen LogP contribution in [0.2, 0.25) is 0 Å².